The van der Waals surface area contributed by atoms with E-state index in [1.807, 2.05) is 6.07 Å². The second kappa shape index (κ2) is 4.22. The molecular weight excluding hydrogens is 194 g/mol. The summed E-state index contributed by atoms with van der Waals surface area (Å²) in [6, 6.07) is 6.25. The molecule has 1 aromatic rings. The van der Waals surface area contributed by atoms with Crippen molar-refractivity contribution in [2.45, 2.75) is 26.2 Å². The maximum Gasteiger partial charge on any atom is 0.0410 e. The van der Waals surface area contributed by atoms with Crippen molar-refractivity contribution < 1.29 is 0 Å². The first-order valence-corrected chi connectivity index (χ1v) is 5.72. The Morgan fingerprint density at radius 2 is 2.00 bits per heavy atom. The highest BCUT2D eigenvalue weighted by molar-refractivity contribution is 6.30. The monoisotopic (exact) mass is 209 g/mol. The van der Waals surface area contributed by atoms with Crippen LogP contribution in [0, 0.1) is 0 Å². The lowest BCUT2D eigenvalue weighted by molar-refractivity contribution is 0.948. The second-order valence-electron chi connectivity index (χ2n) is 3.82. The Kier molecular flexibility index (Phi) is 2.97. The van der Waals surface area contributed by atoms with Gasteiger partial charge in [0.2, 0.25) is 0 Å². The lowest BCUT2D eigenvalue weighted by Crippen LogP contribution is -2.19. The molecule has 1 saturated heterocycles. The van der Waals surface area contributed by atoms with Crippen molar-refractivity contribution in [3.8, 4) is 0 Å². The third-order valence-electron chi connectivity index (χ3n) is 2.87. The van der Waals surface area contributed by atoms with Crippen LogP contribution < -0.4 is 4.90 Å². The molecule has 2 heteroatoms. The van der Waals surface area contributed by atoms with Crippen molar-refractivity contribution in [3.05, 3.63) is 28.8 Å². The Balaban J connectivity index is 2.31. The maximum absolute atomic E-state index is 5.98. The molecule has 1 aliphatic heterocycles. The van der Waals surface area contributed by atoms with E-state index in [9.17, 15) is 0 Å². The molecule has 76 valence electrons. The largest absolute Gasteiger partial charge is 0.371 e. The molecule has 2 rings (SSSR count). The van der Waals surface area contributed by atoms with Crippen LogP contribution >= 0.6 is 11.6 Å². The molecular formula is C12H16ClN. The minimum atomic E-state index is 0.852. The van der Waals surface area contributed by atoms with Gasteiger partial charge in [-0.3, -0.25) is 0 Å². The average Bonchev–Trinajstić information content (AvgIpc) is 2.70. The zero-order chi connectivity index (χ0) is 9.97. The van der Waals surface area contributed by atoms with Crippen molar-refractivity contribution in [2.24, 2.45) is 0 Å². The third-order valence-corrected chi connectivity index (χ3v) is 3.10. The average molecular weight is 210 g/mol. The number of halogens is 1. The maximum atomic E-state index is 5.98. The van der Waals surface area contributed by atoms with E-state index >= 15 is 0 Å². The summed E-state index contributed by atoms with van der Waals surface area (Å²) in [5, 5.41) is 0.852. The normalized spacial score (nSPS) is 16.3. The van der Waals surface area contributed by atoms with Gasteiger partial charge in [-0.25, -0.2) is 0 Å². The summed E-state index contributed by atoms with van der Waals surface area (Å²) in [6.07, 6.45) is 3.71. The van der Waals surface area contributed by atoms with Gasteiger partial charge in [0.15, 0.2) is 0 Å². The second-order valence-corrected chi connectivity index (χ2v) is 4.26. The Bertz CT molecular complexity index is 316. The molecule has 0 amide bonds. The molecule has 1 fully saturated rings. The molecule has 0 unspecified atom stereocenters. The summed E-state index contributed by atoms with van der Waals surface area (Å²) in [4.78, 5) is 2.47. The molecule has 14 heavy (non-hydrogen) atoms. The Hall–Kier alpha value is -0.690. The fraction of sp³-hybridized carbons (Fsp3) is 0.500. The van der Waals surface area contributed by atoms with Gasteiger partial charge in [0.1, 0.15) is 0 Å². The molecule has 1 nitrogen and oxygen atoms in total. The quantitative estimate of drug-likeness (QED) is 0.721. The van der Waals surface area contributed by atoms with Crippen LogP contribution in [-0.2, 0) is 6.42 Å². The van der Waals surface area contributed by atoms with Crippen LogP contribution in [-0.4, -0.2) is 13.1 Å². The van der Waals surface area contributed by atoms with Gasteiger partial charge >= 0.3 is 0 Å². The van der Waals surface area contributed by atoms with Crippen LogP contribution in [0.3, 0.4) is 0 Å². The fourth-order valence-electron chi connectivity index (χ4n) is 2.10. The molecule has 0 aliphatic carbocycles. The lowest BCUT2D eigenvalue weighted by Gasteiger charge is -2.21. The lowest BCUT2D eigenvalue weighted by atomic mass is 10.1. The van der Waals surface area contributed by atoms with Gasteiger partial charge in [-0.1, -0.05) is 18.5 Å². The van der Waals surface area contributed by atoms with Gasteiger partial charge in [0.25, 0.3) is 0 Å². The van der Waals surface area contributed by atoms with Crippen LogP contribution in [0.1, 0.15) is 25.3 Å². The standard InChI is InChI=1S/C12H16ClN/c1-2-10-9-11(13)5-6-12(10)14-7-3-4-8-14/h5-6,9H,2-4,7-8H2,1H3. The van der Waals surface area contributed by atoms with Gasteiger partial charge in [0.05, 0.1) is 0 Å². The van der Waals surface area contributed by atoms with E-state index < -0.39 is 0 Å². The van der Waals surface area contributed by atoms with Crippen molar-refractivity contribution in [2.75, 3.05) is 18.0 Å². The van der Waals surface area contributed by atoms with Gasteiger partial charge in [0, 0.05) is 23.8 Å². The number of anilines is 1. The van der Waals surface area contributed by atoms with Crippen LogP contribution in [0.15, 0.2) is 18.2 Å². The van der Waals surface area contributed by atoms with E-state index in [2.05, 4.69) is 24.0 Å². The molecule has 1 heterocycles. The van der Waals surface area contributed by atoms with Crippen LogP contribution in [0.2, 0.25) is 5.02 Å². The Morgan fingerprint density at radius 1 is 1.29 bits per heavy atom. The summed E-state index contributed by atoms with van der Waals surface area (Å²) < 4.78 is 0. The first-order chi connectivity index (χ1) is 6.81. The minimum absolute atomic E-state index is 0.852. The van der Waals surface area contributed by atoms with Crippen LogP contribution in [0.25, 0.3) is 0 Å². The van der Waals surface area contributed by atoms with Crippen molar-refractivity contribution in [3.63, 3.8) is 0 Å². The SMILES string of the molecule is CCc1cc(Cl)ccc1N1CCCC1. The van der Waals surface area contributed by atoms with Gasteiger partial charge in [-0.2, -0.15) is 0 Å². The van der Waals surface area contributed by atoms with Gasteiger partial charge in [-0.15, -0.1) is 0 Å². The molecule has 0 bridgehead atoms. The summed E-state index contributed by atoms with van der Waals surface area (Å²) in [7, 11) is 0. The van der Waals surface area contributed by atoms with E-state index in [4.69, 9.17) is 11.6 Å². The zero-order valence-electron chi connectivity index (χ0n) is 8.59. The number of nitrogens with zero attached hydrogens (tertiary/aromatic N) is 1. The number of hydrogen-bond donors (Lipinski definition) is 0. The summed E-state index contributed by atoms with van der Waals surface area (Å²) in [5.41, 5.74) is 2.76. The van der Waals surface area contributed by atoms with Crippen LogP contribution in [0.4, 0.5) is 5.69 Å². The first kappa shape index (κ1) is 9.85. The number of aryl methyl sites for hydroxylation is 1. The van der Waals surface area contributed by atoms with Gasteiger partial charge in [-0.05, 0) is 43.0 Å². The fourth-order valence-corrected chi connectivity index (χ4v) is 2.30. The smallest absolute Gasteiger partial charge is 0.0410 e. The number of rotatable bonds is 2. The van der Waals surface area contributed by atoms with E-state index in [1.165, 1.54) is 37.2 Å². The summed E-state index contributed by atoms with van der Waals surface area (Å²) in [5.74, 6) is 0. The molecule has 0 atom stereocenters. The van der Waals surface area contributed by atoms with Crippen molar-refractivity contribution in [1.82, 2.24) is 0 Å². The predicted octanol–water partition coefficient (Wildman–Crippen LogP) is 3.50. The highest BCUT2D eigenvalue weighted by Gasteiger charge is 2.14. The minimum Gasteiger partial charge on any atom is -0.371 e. The molecule has 1 aromatic carbocycles. The van der Waals surface area contributed by atoms with Crippen molar-refractivity contribution >= 4 is 17.3 Å². The van der Waals surface area contributed by atoms with E-state index in [0.717, 1.165) is 11.4 Å². The number of benzene rings is 1. The molecule has 1 aliphatic rings. The zero-order valence-corrected chi connectivity index (χ0v) is 9.35. The molecule has 0 spiro atoms. The molecule has 0 N–H and O–H groups in total. The molecule has 0 saturated carbocycles. The molecule has 0 aromatic heterocycles. The van der Waals surface area contributed by atoms with E-state index in [-0.39, 0.29) is 0 Å². The van der Waals surface area contributed by atoms with Gasteiger partial charge < -0.3 is 4.90 Å². The predicted molar refractivity (Wildman–Crippen MR) is 62.3 cm³/mol. The highest BCUT2D eigenvalue weighted by atomic mass is 35.5. The van der Waals surface area contributed by atoms with Crippen molar-refractivity contribution in [1.29, 1.82) is 0 Å². The van der Waals surface area contributed by atoms with Crippen LogP contribution in [0.5, 0.6) is 0 Å². The Morgan fingerprint density at radius 3 is 2.64 bits per heavy atom. The first-order valence-electron chi connectivity index (χ1n) is 5.34. The summed E-state index contributed by atoms with van der Waals surface area (Å²) >= 11 is 5.98. The summed E-state index contributed by atoms with van der Waals surface area (Å²) in [6.45, 7) is 4.59. The number of hydrogen-bond acceptors (Lipinski definition) is 1. The Labute approximate surface area is 90.7 Å². The van der Waals surface area contributed by atoms with E-state index in [1.54, 1.807) is 0 Å². The third kappa shape index (κ3) is 1.88. The highest BCUT2D eigenvalue weighted by Crippen LogP contribution is 2.27. The topological polar surface area (TPSA) is 3.24 Å². The molecule has 0 radical (unpaired) electrons. The van der Waals surface area contributed by atoms with E-state index in [0.29, 0.717) is 0 Å².